The fourth-order valence-corrected chi connectivity index (χ4v) is 3.14. The molecule has 0 bridgehead atoms. The molecule has 7 heteroatoms. The zero-order chi connectivity index (χ0) is 16.9. The van der Waals surface area contributed by atoms with Crippen molar-refractivity contribution in [2.24, 2.45) is 0 Å². The second-order valence-electron chi connectivity index (χ2n) is 5.20. The first-order chi connectivity index (χ1) is 11.7. The van der Waals surface area contributed by atoms with E-state index in [0.717, 1.165) is 35.0 Å². The number of benzene rings is 1. The summed E-state index contributed by atoms with van der Waals surface area (Å²) in [5, 5.41) is 12.6. The minimum Gasteiger partial charge on any atom is -0.344 e. The van der Waals surface area contributed by atoms with E-state index in [1.54, 1.807) is 0 Å². The smallest absolute Gasteiger partial charge is 0.231 e. The maximum atomic E-state index is 11.6. The number of aryl methyl sites for hydroxylation is 1. The Morgan fingerprint density at radius 3 is 3.00 bits per heavy atom. The van der Waals surface area contributed by atoms with Gasteiger partial charge in [0.2, 0.25) is 11.1 Å². The van der Waals surface area contributed by atoms with Crippen molar-refractivity contribution in [1.29, 1.82) is 0 Å². The van der Waals surface area contributed by atoms with Gasteiger partial charge in [0, 0.05) is 11.9 Å². The molecule has 0 saturated heterocycles. The normalized spacial score (nSPS) is 10.8. The first kappa shape index (κ1) is 16.3. The Hall–Kier alpha value is -2.59. The molecule has 1 amide bonds. The van der Waals surface area contributed by atoms with E-state index in [1.165, 1.54) is 11.8 Å². The highest BCUT2D eigenvalue weighted by atomic mass is 32.2. The Labute approximate surface area is 144 Å². The average molecular weight is 339 g/mol. The standard InChI is InChI=1S/C17H17N5OS/c1-3-9-18-14(23)11-24-17-19-16-15(20-21-17)12-7-5-6-8-13(12)22(16)10-4-2/h1,5-8H,4,9-11H2,2H3,(H,18,23). The molecule has 0 aliphatic rings. The number of nitrogens with one attached hydrogen (secondary N) is 1. The first-order valence-corrected chi connectivity index (χ1v) is 8.67. The van der Waals surface area contributed by atoms with Crippen LogP contribution >= 0.6 is 11.8 Å². The van der Waals surface area contributed by atoms with Gasteiger partial charge in [-0.25, -0.2) is 4.98 Å². The lowest BCUT2D eigenvalue weighted by atomic mass is 10.2. The summed E-state index contributed by atoms with van der Waals surface area (Å²) in [7, 11) is 0. The third-order valence-corrected chi connectivity index (χ3v) is 4.36. The minimum atomic E-state index is -0.143. The third-order valence-electron chi connectivity index (χ3n) is 3.52. The van der Waals surface area contributed by atoms with Crippen LogP contribution in [-0.2, 0) is 11.3 Å². The van der Waals surface area contributed by atoms with E-state index in [2.05, 4.69) is 44.0 Å². The number of amides is 1. The molecule has 0 aliphatic heterocycles. The third kappa shape index (κ3) is 3.19. The van der Waals surface area contributed by atoms with Crippen LogP contribution in [0.5, 0.6) is 0 Å². The van der Waals surface area contributed by atoms with E-state index in [9.17, 15) is 4.79 Å². The lowest BCUT2D eigenvalue weighted by Crippen LogP contribution is -2.25. The van der Waals surface area contributed by atoms with Crippen LogP contribution in [0.15, 0.2) is 29.4 Å². The molecule has 24 heavy (non-hydrogen) atoms. The van der Waals surface area contributed by atoms with Gasteiger partial charge in [-0.05, 0) is 12.5 Å². The highest BCUT2D eigenvalue weighted by Gasteiger charge is 2.14. The minimum absolute atomic E-state index is 0.143. The van der Waals surface area contributed by atoms with Crippen molar-refractivity contribution in [3.05, 3.63) is 24.3 Å². The molecular weight excluding hydrogens is 322 g/mol. The van der Waals surface area contributed by atoms with Crippen LogP contribution in [0.4, 0.5) is 0 Å². The summed E-state index contributed by atoms with van der Waals surface area (Å²) < 4.78 is 2.15. The van der Waals surface area contributed by atoms with Crippen LogP contribution < -0.4 is 5.32 Å². The molecule has 2 heterocycles. The van der Waals surface area contributed by atoms with Crippen molar-refractivity contribution in [1.82, 2.24) is 25.1 Å². The van der Waals surface area contributed by atoms with Gasteiger partial charge >= 0.3 is 0 Å². The van der Waals surface area contributed by atoms with E-state index >= 15 is 0 Å². The molecule has 0 saturated carbocycles. The van der Waals surface area contributed by atoms with Crippen LogP contribution in [0, 0.1) is 12.3 Å². The molecule has 0 aliphatic carbocycles. The summed E-state index contributed by atoms with van der Waals surface area (Å²) in [6.45, 7) is 3.21. The van der Waals surface area contributed by atoms with Gasteiger partial charge in [0.05, 0.1) is 17.8 Å². The summed E-state index contributed by atoms with van der Waals surface area (Å²) in [5.74, 6) is 2.44. The molecular formula is C17H17N5OS. The summed E-state index contributed by atoms with van der Waals surface area (Å²) in [5.41, 5.74) is 2.70. The molecule has 0 fully saturated rings. The number of carbonyl (C=O) groups is 1. The van der Waals surface area contributed by atoms with Gasteiger partial charge in [-0.1, -0.05) is 42.8 Å². The van der Waals surface area contributed by atoms with Gasteiger partial charge in [0.15, 0.2) is 5.65 Å². The average Bonchev–Trinajstić information content (AvgIpc) is 2.92. The van der Waals surface area contributed by atoms with E-state index in [0.29, 0.717) is 5.16 Å². The molecule has 3 rings (SSSR count). The molecule has 1 aromatic carbocycles. The van der Waals surface area contributed by atoms with E-state index in [4.69, 9.17) is 6.42 Å². The number of para-hydroxylation sites is 1. The molecule has 0 spiro atoms. The monoisotopic (exact) mass is 339 g/mol. The highest BCUT2D eigenvalue weighted by molar-refractivity contribution is 7.99. The van der Waals surface area contributed by atoms with E-state index < -0.39 is 0 Å². The number of aromatic nitrogens is 4. The summed E-state index contributed by atoms with van der Waals surface area (Å²) in [6, 6.07) is 8.08. The number of nitrogens with zero attached hydrogens (tertiary/aromatic N) is 4. The maximum absolute atomic E-state index is 11.6. The number of terminal acetylenes is 1. The zero-order valence-electron chi connectivity index (χ0n) is 13.3. The van der Waals surface area contributed by atoms with Crippen molar-refractivity contribution < 1.29 is 4.79 Å². The number of rotatable bonds is 6. The van der Waals surface area contributed by atoms with Crippen molar-refractivity contribution in [2.75, 3.05) is 12.3 Å². The van der Waals surface area contributed by atoms with Gasteiger partial charge < -0.3 is 9.88 Å². The van der Waals surface area contributed by atoms with Crippen LogP contribution in [0.2, 0.25) is 0 Å². The van der Waals surface area contributed by atoms with Crippen LogP contribution in [0.3, 0.4) is 0 Å². The topological polar surface area (TPSA) is 72.7 Å². The molecule has 122 valence electrons. The van der Waals surface area contributed by atoms with E-state index in [-0.39, 0.29) is 18.2 Å². The first-order valence-electron chi connectivity index (χ1n) is 7.69. The number of thioether (sulfide) groups is 1. The fourth-order valence-electron chi connectivity index (χ4n) is 2.53. The second kappa shape index (κ2) is 7.32. The number of carbonyl (C=O) groups excluding carboxylic acids is 1. The second-order valence-corrected chi connectivity index (χ2v) is 6.15. The quantitative estimate of drug-likeness (QED) is 0.551. The molecule has 6 nitrogen and oxygen atoms in total. The molecule has 0 unspecified atom stereocenters. The lowest BCUT2D eigenvalue weighted by Gasteiger charge is -2.04. The Kier molecular flexibility index (Phi) is 4.96. The number of hydrogen-bond acceptors (Lipinski definition) is 5. The fraction of sp³-hybridized carbons (Fsp3) is 0.294. The van der Waals surface area contributed by atoms with Crippen LogP contribution in [0.25, 0.3) is 22.1 Å². The zero-order valence-corrected chi connectivity index (χ0v) is 14.1. The van der Waals surface area contributed by atoms with Crippen molar-refractivity contribution in [3.8, 4) is 12.3 Å². The predicted octanol–water partition coefficient (Wildman–Crippen LogP) is 2.23. The summed E-state index contributed by atoms with van der Waals surface area (Å²) in [4.78, 5) is 16.3. The Morgan fingerprint density at radius 1 is 1.38 bits per heavy atom. The summed E-state index contributed by atoms with van der Waals surface area (Å²) in [6.07, 6.45) is 6.11. The van der Waals surface area contributed by atoms with E-state index in [1.807, 2.05) is 18.2 Å². The van der Waals surface area contributed by atoms with Crippen molar-refractivity contribution in [2.45, 2.75) is 25.0 Å². The Balaban J connectivity index is 1.92. The van der Waals surface area contributed by atoms with Gasteiger partial charge in [-0.2, -0.15) is 0 Å². The van der Waals surface area contributed by atoms with Crippen LogP contribution in [0.1, 0.15) is 13.3 Å². The molecule has 3 aromatic rings. The highest BCUT2D eigenvalue weighted by Crippen LogP contribution is 2.27. The predicted molar refractivity (Wildman–Crippen MR) is 95.7 cm³/mol. The van der Waals surface area contributed by atoms with Gasteiger partial charge in [-0.3, -0.25) is 4.79 Å². The maximum Gasteiger partial charge on any atom is 0.231 e. The molecule has 2 aromatic heterocycles. The van der Waals surface area contributed by atoms with Gasteiger partial charge in [-0.15, -0.1) is 16.6 Å². The number of hydrogen-bond donors (Lipinski definition) is 1. The largest absolute Gasteiger partial charge is 0.344 e. The molecule has 0 radical (unpaired) electrons. The lowest BCUT2D eigenvalue weighted by molar-refractivity contribution is -0.118. The van der Waals surface area contributed by atoms with Crippen LogP contribution in [-0.4, -0.2) is 38.0 Å². The van der Waals surface area contributed by atoms with Gasteiger partial charge in [0.1, 0.15) is 5.52 Å². The Bertz CT molecular complexity index is 928. The van der Waals surface area contributed by atoms with Crippen molar-refractivity contribution >= 4 is 39.7 Å². The Morgan fingerprint density at radius 2 is 2.21 bits per heavy atom. The van der Waals surface area contributed by atoms with Gasteiger partial charge in [0.25, 0.3) is 0 Å². The SMILES string of the molecule is C#CCNC(=O)CSc1nnc2c3ccccc3n(CCC)c2n1. The molecule has 0 atom stereocenters. The number of fused-ring (bicyclic) bond motifs is 3. The molecule has 1 N–H and O–H groups in total. The van der Waals surface area contributed by atoms with Crippen molar-refractivity contribution in [3.63, 3.8) is 0 Å². The summed E-state index contributed by atoms with van der Waals surface area (Å²) >= 11 is 1.25.